The summed E-state index contributed by atoms with van der Waals surface area (Å²) in [4.78, 5) is 26.1. The first-order valence-electron chi connectivity index (χ1n) is 11.1. The summed E-state index contributed by atoms with van der Waals surface area (Å²) in [6, 6.07) is 27.9. The normalized spacial score (nSPS) is 20.2. The molecular weight excluding hydrogens is 416 g/mol. The summed E-state index contributed by atoms with van der Waals surface area (Å²) in [7, 11) is 0. The van der Waals surface area contributed by atoms with Crippen molar-refractivity contribution in [2.75, 3.05) is 11.4 Å². The molecule has 1 N–H and O–H groups in total. The van der Waals surface area contributed by atoms with Crippen LogP contribution in [-0.2, 0) is 30.6 Å². The Labute approximate surface area is 193 Å². The van der Waals surface area contributed by atoms with Crippen molar-refractivity contribution in [3.8, 4) is 0 Å². The van der Waals surface area contributed by atoms with Crippen molar-refractivity contribution in [3.63, 3.8) is 0 Å². The summed E-state index contributed by atoms with van der Waals surface area (Å²) < 4.78 is 0. The van der Waals surface area contributed by atoms with E-state index in [2.05, 4.69) is 89.1 Å². The number of amides is 2. The monoisotopic (exact) mass is 442 g/mol. The molecule has 5 rings (SSSR count). The third-order valence-corrected chi connectivity index (χ3v) is 7.22. The van der Waals surface area contributed by atoms with Crippen LogP contribution in [0.1, 0.15) is 22.3 Å². The number of benzene rings is 3. The van der Waals surface area contributed by atoms with Crippen LogP contribution in [0.3, 0.4) is 0 Å². The van der Waals surface area contributed by atoms with Crippen molar-refractivity contribution in [2.24, 2.45) is 5.92 Å². The molecule has 0 saturated carbocycles. The Morgan fingerprint density at radius 1 is 0.844 bits per heavy atom. The van der Waals surface area contributed by atoms with Crippen LogP contribution in [0.25, 0.3) is 0 Å². The Bertz CT molecular complexity index is 1120. The number of carbonyl (C=O) groups is 2. The molecule has 0 spiro atoms. The maximum Gasteiger partial charge on any atom is 0.286 e. The van der Waals surface area contributed by atoms with Gasteiger partial charge in [-0.3, -0.25) is 14.9 Å². The minimum absolute atomic E-state index is 0.176. The maximum absolute atomic E-state index is 12.0. The second-order valence-electron chi connectivity index (χ2n) is 8.68. The average molecular weight is 443 g/mol. The van der Waals surface area contributed by atoms with Gasteiger partial charge in [-0.05, 0) is 53.5 Å². The number of hydrogen-bond acceptors (Lipinski definition) is 4. The topological polar surface area (TPSA) is 49.4 Å². The van der Waals surface area contributed by atoms with Gasteiger partial charge in [0.25, 0.3) is 5.24 Å². The Kier molecular flexibility index (Phi) is 5.99. The maximum atomic E-state index is 12.0. The van der Waals surface area contributed by atoms with Crippen molar-refractivity contribution < 1.29 is 9.59 Å². The number of hydrogen-bond donors (Lipinski definition) is 1. The molecule has 2 aliphatic rings. The fraction of sp³-hybridized carbons (Fsp3) is 0.259. The minimum Gasteiger partial charge on any atom is -0.367 e. The van der Waals surface area contributed by atoms with Gasteiger partial charge in [0.2, 0.25) is 5.91 Å². The molecule has 0 bridgehead atoms. The molecule has 4 nitrogen and oxygen atoms in total. The largest absolute Gasteiger partial charge is 0.367 e. The Hall–Kier alpha value is -3.05. The second kappa shape index (κ2) is 9.21. The predicted octanol–water partition coefficient (Wildman–Crippen LogP) is 5.00. The Balaban J connectivity index is 1.40. The molecule has 0 aliphatic carbocycles. The van der Waals surface area contributed by atoms with Crippen LogP contribution in [0.5, 0.6) is 0 Å². The highest BCUT2D eigenvalue weighted by atomic mass is 32.2. The van der Waals surface area contributed by atoms with Crippen molar-refractivity contribution in [1.82, 2.24) is 5.32 Å². The van der Waals surface area contributed by atoms with Crippen LogP contribution >= 0.6 is 11.8 Å². The summed E-state index contributed by atoms with van der Waals surface area (Å²) in [5.74, 6) is 0.347. The number of fused-ring (bicyclic) bond motifs is 1. The van der Waals surface area contributed by atoms with E-state index in [0.29, 0.717) is 12.3 Å². The first-order chi connectivity index (χ1) is 15.6. The van der Waals surface area contributed by atoms with E-state index >= 15 is 0 Å². The van der Waals surface area contributed by atoms with Gasteiger partial charge in [0, 0.05) is 18.8 Å². The molecule has 0 radical (unpaired) electrons. The van der Waals surface area contributed by atoms with Crippen LogP contribution in [0, 0.1) is 5.92 Å². The summed E-state index contributed by atoms with van der Waals surface area (Å²) in [5.41, 5.74) is 6.41. The van der Waals surface area contributed by atoms with Crippen molar-refractivity contribution in [1.29, 1.82) is 0 Å². The summed E-state index contributed by atoms with van der Waals surface area (Å²) in [6.45, 7) is 1.90. The van der Waals surface area contributed by atoms with Crippen LogP contribution in [-0.4, -0.2) is 22.9 Å². The zero-order valence-electron chi connectivity index (χ0n) is 17.9. The van der Waals surface area contributed by atoms with E-state index in [1.165, 1.54) is 22.4 Å². The highest BCUT2D eigenvalue weighted by molar-refractivity contribution is 8.15. The lowest BCUT2D eigenvalue weighted by atomic mass is 9.86. The third kappa shape index (κ3) is 4.73. The van der Waals surface area contributed by atoms with Crippen LogP contribution in [0.15, 0.2) is 78.9 Å². The number of imide groups is 1. The van der Waals surface area contributed by atoms with Crippen LogP contribution < -0.4 is 10.2 Å². The average Bonchev–Trinajstić information content (AvgIpc) is 3.11. The van der Waals surface area contributed by atoms with Crippen LogP contribution in [0.4, 0.5) is 10.5 Å². The number of nitrogens with one attached hydrogen (secondary N) is 1. The lowest BCUT2D eigenvalue weighted by Gasteiger charge is -2.37. The molecule has 2 heterocycles. The van der Waals surface area contributed by atoms with Gasteiger partial charge in [0.15, 0.2) is 0 Å². The Morgan fingerprint density at radius 2 is 1.56 bits per heavy atom. The van der Waals surface area contributed by atoms with Gasteiger partial charge in [-0.2, -0.15) is 0 Å². The molecule has 1 saturated heterocycles. The lowest BCUT2D eigenvalue weighted by Crippen LogP contribution is -2.36. The summed E-state index contributed by atoms with van der Waals surface area (Å²) >= 11 is 1.10. The molecule has 2 aliphatic heterocycles. The summed E-state index contributed by atoms with van der Waals surface area (Å²) in [5, 5.41) is 1.83. The second-order valence-corrected chi connectivity index (χ2v) is 9.85. The zero-order chi connectivity index (χ0) is 21.9. The first kappa shape index (κ1) is 20.8. The standard InChI is InChI=1S/C27H26N2O2S/c30-26-25(32-27(31)28-26)16-21-11-12-24-23(14-21)15-22(13-19-7-3-1-4-8-19)18-29(24)17-20-9-5-2-6-10-20/h1-12,14,22,25H,13,15-18H2,(H,28,30,31). The number of nitrogens with zero attached hydrogens (tertiary/aromatic N) is 1. The molecule has 0 aromatic heterocycles. The third-order valence-electron chi connectivity index (χ3n) is 6.24. The van der Waals surface area contributed by atoms with E-state index in [0.717, 1.165) is 43.3 Å². The molecule has 162 valence electrons. The van der Waals surface area contributed by atoms with Gasteiger partial charge in [0.05, 0.1) is 5.25 Å². The lowest BCUT2D eigenvalue weighted by molar-refractivity contribution is -0.118. The molecule has 3 aromatic rings. The fourth-order valence-corrected chi connectivity index (χ4v) is 5.66. The minimum atomic E-state index is -0.329. The van der Waals surface area contributed by atoms with E-state index in [-0.39, 0.29) is 16.4 Å². The highest BCUT2D eigenvalue weighted by Crippen LogP contribution is 2.34. The smallest absolute Gasteiger partial charge is 0.286 e. The number of anilines is 1. The molecule has 2 unspecified atom stereocenters. The first-order valence-corrected chi connectivity index (χ1v) is 12.0. The van der Waals surface area contributed by atoms with Gasteiger partial charge in [-0.15, -0.1) is 0 Å². The van der Waals surface area contributed by atoms with Gasteiger partial charge in [-0.25, -0.2) is 0 Å². The van der Waals surface area contributed by atoms with E-state index in [4.69, 9.17) is 0 Å². The number of carbonyl (C=O) groups excluding carboxylic acids is 2. The van der Waals surface area contributed by atoms with Crippen LogP contribution in [0.2, 0.25) is 0 Å². The molecule has 5 heteroatoms. The molecule has 32 heavy (non-hydrogen) atoms. The van der Waals surface area contributed by atoms with Gasteiger partial charge >= 0.3 is 0 Å². The van der Waals surface area contributed by atoms with E-state index < -0.39 is 0 Å². The molecule has 2 amide bonds. The van der Waals surface area contributed by atoms with Crippen molar-refractivity contribution in [2.45, 2.75) is 31.1 Å². The van der Waals surface area contributed by atoms with Gasteiger partial charge < -0.3 is 4.90 Å². The summed E-state index contributed by atoms with van der Waals surface area (Å²) in [6.07, 6.45) is 2.65. The molecule has 2 atom stereocenters. The van der Waals surface area contributed by atoms with Gasteiger partial charge in [0.1, 0.15) is 0 Å². The predicted molar refractivity (Wildman–Crippen MR) is 130 cm³/mol. The SMILES string of the molecule is O=C1NC(=O)C(Cc2ccc3c(c2)CC(Cc2ccccc2)CN3Cc2ccccc2)S1. The van der Waals surface area contributed by atoms with Gasteiger partial charge in [-0.1, -0.05) is 84.6 Å². The molecule has 3 aromatic carbocycles. The van der Waals surface area contributed by atoms with E-state index in [9.17, 15) is 9.59 Å². The van der Waals surface area contributed by atoms with E-state index in [1.54, 1.807) is 0 Å². The van der Waals surface area contributed by atoms with Crippen molar-refractivity contribution >= 4 is 28.6 Å². The quantitative estimate of drug-likeness (QED) is 0.584. The number of rotatable bonds is 6. The fourth-order valence-electron chi connectivity index (χ4n) is 4.80. The van der Waals surface area contributed by atoms with Crippen molar-refractivity contribution in [3.05, 3.63) is 101 Å². The Morgan fingerprint density at radius 3 is 2.25 bits per heavy atom. The molecular formula is C27H26N2O2S. The zero-order valence-corrected chi connectivity index (χ0v) is 18.7. The van der Waals surface area contributed by atoms with E-state index in [1.807, 2.05) is 0 Å². The molecule has 1 fully saturated rings. The highest BCUT2D eigenvalue weighted by Gasteiger charge is 2.32. The number of thioether (sulfide) groups is 1.